The molecule has 0 bridgehead atoms. The van der Waals surface area contributed by atoms with Gasteiger partial charge in [-0.25, -0.2) is 0 Å². The molecule has 0 heterocycles. The van der Waals surface area contributed by atoms with Crippen LogP contribution >= 0.6 is 23.2 Å². The van der Waals surface area contributed by atoms with Gasteiger partial charge < -0.3 is 10.0 Å². The molecule has 0 saturated carbocycles. The summed E-state index contributed by atoms with van der Waals surface area (Å²) in [4.78, 5) is 11.8. The Hall–Kier alpha value is -2.73. The van der Waals surface area contributed by atoms with Gasteiger partial charge in [-0.3, -0.25) is 10.1 Å². The van der Waals surface area contributed by atoms with E-state index < -0.39 is 17.2 Å². The van der Waals surface area contributed by atoms with Crippen LogP contribution in [0, 0.1) is 28.4 Å². The van der Waals surface area contributed by atoms with Gasteiger partial charge in [-0.2, -0.15) is 10.4 Å². The van der Waals surface area contributed by atoms with Crippen LogP contribution < -0.4 is 4.90 Å². The third-order valence-corrected chi connectivity index (χ3v) is 4.53. The molecule has 0 radical (unpaired) electrons. The molecule has 8 nitrogen and oxygen atoms in total. The lowest BCUT2D eigenvalue weighted by atomic mass is 10.1. The molecule has 1 N–H and O–H groups in total. The van der Waals surface area contributed by atoms with Crippen LogP contribution in [0.3, 0.4) is 0 Å². The van der Waals surface area contributed by atoms with Crippen LogP contribution in [0.2, 0.25) is 10.0 Å². The molecular weight excluding hydrogens is 405 g/mol. The Labute approximate surface area is 171 Å². The first kappa shape index (κ1) is 21.6. The van der Waals surface area contributed by atoms with Gasteiger partial charge >= 0.3 is 0 Å². The van der Waals surface area contributed by atoms with Crippen molar-refractivity contribution in [2.75, 3.05) is 4.90 Å². The van der Waals surface area contributed by atoms with E-state index in [1.54, 1.807) is 43.9 Å². The number of hydrogen-bond donors (Lipinski definition) is 1. The molecule has 2 rings (SSSR count). The van der Waals surface area contributed by atoms with E-state index in [1.165, 1.54) is 0 Å². The zero-order chi connectivity index (χ0) is 21.0. The van der Waals surface area contributed by atoms with Gasteiger partial charge in [0.15, 0.2) is 0 Å². The van der Waals surface area contributed by atoms with Crippen molar-refractivity contribution in [3.63, 3.8) is 0 Å². The van der Waals surface area contributed by atoms with Crippen molar-refractivity contribution in [2.45, 2.75) is 33.0 Å². The molecule has 28 heavy (non-hydrogen) atoms. The zero-order valence-electron chi connectivity index (χ0n) is 15.3. The van der Waals surface area contributed by atoms with Crippen LogP contribution in [0.4, 0.5) is 22.7 Å². The Morgan fingerprint density at radius 3 is 2.29 bits per heavy atom. The number of aliphatic hydroxyl groups excluding tert-OH is 1. The summed E-state index contributed by atoms with van der Waals surface area (Å²) in [6.07, 6.45) is -0.848. The van der Waals surface area contributed by atoms with E-state index in [4.69, 9.17) is 28.5 Å². The molecule has 0 aliphatic rings. The SMILES string of the molecule is Cc1cc(N(C(C)O)C(C)C#N)ccc1N=Nc1c(Cl)cc([N+](=O)[O-])cc1Cl. The Morgan fingerprint density at radius 1 is 1.21 bits per heavy atom. The van der Waals surface area contributed by atoms with Crippen LogP contribution in [0.5, 0.6) is 0 Å². The Balaban J connectivity index is 2.36. The van der Waals surface area contributed by atoms with E-state index in [2.05, 4.69) is 16.3 Å². The number of anilines is 1. The number of halogens is 2. The number of benzene rings is 2. The van der Waals surface area contributed by atoms with Gasteiger partial charge in [0.05, 0.1) is 26.7 Å². The second kappa shape index (κ2) is 8.97. The number of aliphatic hydroxyl groups is 1. The lowest BCUT2D eigenvalue weighted by molar-refractivity contribution is -0.384. The summed E-state index contributed by atoms with van der Waals surface area (Å²) in [5.74, 6) is 0. The molecule has 2 atom stereocenters. The fourth-order valence-electron chi connectivity index (χ4n) is 2.59. The van der Waals surface area contributed by atoms with Crippen LogP contribution in [-0.4, -0.2) is 22.3 Å². The Morgan fingerprint density at radius 2 is 1.82 bits per heavy atom. The lowest BCUT2D eigenvalue weighted by Gasteiger charge is -2.30. The summed E-state index contributed by atoms with van der Waals surface area (Å²) < 4.78 is 0. The fourth-order valence-corrected chi connectivity index (χ4v) is 3.15. The van der Waals surface area contributed by atoms with Gasteiger partial charge in [0.25, 0.3) is 5.69 Å². The minimum atomic E-state index is -0.848. The maximum Gasteiger partial charge on any atom is 0.272 e. The van der Waals surface area contributed by atoms with Gasteiger partial charge in [-0.15, -0.1) is 5.11 Å². The molecule has 0 spiro atoms. The second-order valence-corrected chi connectivity index (χ2v) is 6.84. The molecule has 10 heteroatoms. The predicted molar refractivity (Wildman–Crippen MR) is 108 cm³/mol. The summed E-state index contributed by atoms with van der Waals surface area (Å²) in [6.45, 7) is 5.07. The topological polar surface area (TPSA) is 115 Å². The van der Waals surface area contributed by atoms with Crippen molar-refractivity contribution in [2.24, 2.45) is 10.2 Å². The van der Waals surface area contributed by atoms with Gasteiger partial charge in [-0.1, -0.05) is 23.2 Å². The highest BCUT2D eigenvalue weighted by Crippen LogP contribution is 2.38. The Kier molecular flexibility index (Phi) is 6.91. The van der Waals surface area contributed by atoms with Crippen LogP contribution in [0.25, 0.3) is 0 Å². The molecule has 0 amide bonds. The van der Waals surface area contributed by atoms with Gasteiger partial charge in [0, 0.05) is 17.8 Å². The number of azo groups is 1. The number of nitriles is 1. The first-order chi connectivity index (χ1) is 13.1. The number of non-ortho nitro benzene ring substituents is 1. The number of nitro groups is 1. The summed E-state index contributed by atoms with van der Waals surface area (Å²) >= 11 is 12.1. The fraction of sp³-hybridized carbons (Fsp3) is 0.278. The van der Waals surface area contributed by atoms with E-state index in [9.17, 15) is 15.2 Å². The average Bonchev–Trinajstić information content (AvgIpc) is 2.61. The molecule has 2 aromatic rings. The van der Waals surface area contributed by atoms with Crippen molar-refractivity contribution in [3.8, 4) is 6.07 Å². The number of nitro benzene ring substituents is 1. The Bertz CT molecular complexity index is 949. The van der Waals surface area contributed by atoms with Crippen LogP contribution in [0.15, 0.2) is 40.6 Å². The smallest absolute Gasteiger partial charge is 0.272 e. The molecule has 2 unspecified atom stereocenters. The van der Waals surface area contributed by atoms with Gasteiger partial charge in [-0.05, 0) is 44.5 Å². The lowest BCUT2D eigenvalue weighted by Crippen LogP contribution is -2.39. The molecule has 2 aromatic carbocycles. The summed E-state index contributed by atoms with van der Waals surface area (Å²) in [5, 5.41) is 38.1. The molecule has 0 aliphatic carbocycles. The molecule has 0 fully saturated rings. The highest BCUT2D eigenvalue weighted by molar-refractivity contribution is 6.39. The van der Waals surface area contributed by atoms with E-state index in [-0.39, 0.29) is 21.4 Å². The van der Waals surface area contributed by atoms with Gasteiger partial charge in [0.1, 0.15) is 18.0 Å². The number of hydrogen-bond acceptors (Lipinski definition) is 7. The molecule has 0 saturated heterocycles. The quantitative estimate of drug-likeness (QED) is 0.278. The summed E-state index contributed by atoms with van der Waals surface area (Å²) in [5.41, 5.74) is 1.81. The standard InChI is InChI=1S/C18H17Cl2N5O3/c1-10-6-13(24(12(3)26)11(2)9-21)4-5-17(10)22-23-18-15(19)7-14(25(27)28)8-16(18)20/h4-8,11-12,26H,1-3H3. The number of rotatable bonds is 6. The molecule has 146 valence electrons. The molecular formula is C18H17Cl2N5O3. The summed E-state index contributed by atoms with van der Waals surface area (Å²) in [6, 6.07) is 9.04. The van der Waals surface area contributed by atoms with Crippen molar-refractivity contribution < 1.29 is 10.0 Å². The van der Waals surface area contributed by atoms with E-state index in [0.717, 1.165) is 17.7 Å². The highest BCUT2D eigenvalue weighted by atomic mass is 35.5. The maximum atomic E-state index is 10.8. The normalized spacial score (nSPS) is 13.2. The predicted octanol–water partition coefficient (Wildman–Crippen LogP) is 5.68. The van der Waals surface area contributed by atoms with E-state index >= 15 is 0 Å². The van der Waals surface area contributed by atoms with E-state index in [1.807, 2.05) is 0 Å². The third kappa shape index (κ3) is 4.75. The van der Waals surface area contributed by atoms with E-state index in [0.29, 0.717) is 11.4 Å². The van der Waals surface area contributed by atoms with Crippen LogP contribution in [0.1, 0.15) is 19.4 Å². The molecule has 0 aliphatic heterocycles. The monoisotopic (exact) mass is 421 g/mol. The van der Waals surface area contributed by atoms with Crippen molar-refractivity contribution >= 4 is 46.0 Å². The minimum absolute atomic E-state index is 0.0142. The van der Waals surface area contributed by atoms with Crippen molar-refractivity contribution in [1.82, 2.24) is 0 Å². The molecule has 0 aromatic heterocycles. The van der Waals surface area contributed by atoms with Gasteiger partial charge in [0.2, 0.25) is 0 Å². The second-order valence-electron chi connectivity index (χ2n) is 6.03. The van der Waals surface area contributed by atoms with Crippen LogP contribution in [-0.2, 0) is 0 Å². The largest absolute Gasteiger partial charge is 0.374 e. The van der Waals surface area contributed by atoms with Crippen molar-refractivity contribution in [1.29, 1.82) is 5.26 Å². The zero-order valence-corrected chi connectivity index (χ0v) is 16.8. The number of aryl methyl sites for hydroxylation is 1. The summed E-state index contributed by atoms with van der Waals surface area (Å²) in [7, 11) is 0. The van der Waals surface area contributed by atoms with Crippen molar-refractivity contribution in [3.05, 3.63) is 56.1 Å². The average molecular weight is 422 g/mol. The highest BCUT2D eigenvalue weighted by Gasteiger charge is 2.19. The third-order valence-electron chi connectivity index (χ3n) is 3.96. The number of nitrogens with zero attached hydrogens (tertiary/aromatic N) is 5. The first-order valence-electron chi connectivity index (χ1n) is 8.17. The first-order valence-corrected chi connectivity index (χ1v) is 8.93. The maximum absolute atomic E-state index is 10.8. The minimum Gasteiger partial charge on any atom is -0.374 e.